The van der Waals surface area contributed by atoms with Crippen molar-refractivity contribution in [1.29, 1.82) is 0 Å². The second-order valence-electron chi connectivity index (χ2n) is 4.76. The van der Waals surface area contributed by atoms with E-state index < -0.39 is 16.6 Å². The molecule has 0 bridgehead atoms. The minimum absolute atomic E-state index is 0.312. The number of halogens is 1. The van der Waals surface area contributed by atoms with Gasteiger partial charge in [-0.15, -0.1) is 0 Å². The minimum Gasteiger partial charge on any atom is -0.295 e. The molecule has 4 nitrogen and oxygen atoms in total. The zero-order chi connectivity index (χ0) is 14.3. The monoisotopic (exact) mass is 287 g/mol. The third-order valence-corrected chi connectivity index (χ3v) is 3.97. The van der Waals surface area contributed by atoms with Crippen LogP contribution in [-0.4, -0.2) is 17.1 Å². The Bertz CT molecular complexity index is 675. The number of hydrogen-bond donors (Lipinski definition) is 1. The summed E-state index contributed by atoms with van der Waals surface area (Å²) in [6.45, 7) is 0. The number of fused-ring (bicyclic) bond motifs is 1. The zero-order valence-electron chi connectivity index (χ0n) is 10.3. The summed E-state index contributed by atoms with van der Waals surface area (Å²) in [7, 11) is 0. The minimum atomic E-state index is -1.03. The van der Waals surface area contributed by atoms with Gasteiger partial charge in [-0.2, -0.15) is 0 Å². The fourth-order valence-corrected chi connectivity index (χ4v) is 2.85. The van der Waals surface area contributed by atoms with Gasteiger partial charge in [-0.1, -0.05) is 36.4 Å². The molecule has 1 heterocycles. The van der Waals surface area contributed by atoms with Gasteiger partial charge in [0.05, 0.1) is 5.92 Å². The number of hydrogen-bond acceptors (Lipinski definition) is 3. The van der Waals surface area contributed by atoms with E-state index in [-0.39, 0.29) is 11.8 Å². The summed E-state index contributed by atoms with van der Waals surface area (Å²) >= 11 is 5.41. The van der Waals surface area contributed by atoms with Crippen LogP contribution in [0.2, 0.25) is 0 Å². The highest BCUT2D eigenvalue weighted by atomic mass is 35.5. The van der Waals surface area contributed by atoms with E-state index in [1.807, 2.05) is 0 Å². The Balaban J connectivity index is 2.12. The molecule has 0 radical (unpaired) electrons. The molecule has 1 saturated heterocycles. The summed E-state index contributed by atoms with van der Waals surface area (Å²) in [6.07, 6.45) is 6.92. The Hall–Kier alpha value is -2.20. The van der Waals surface area contributed by atoms with Gasteiger partial charge >= 0.3 is 0 Å². The van der Waals surface area contributed by atoms with Gasteiger partial charge in [-0.05, 0) is 29.3 Å². The molecule has 1 N–H and O–H groups in total. The van der Waals surface area contributed by atoms with Gasteiger partial charge in [0.15, 0.2) is 0 Å². The molecule has 2 atom stereocenters. The van der Waals surface area contributed by atoms with E-state index in [1.165, 1.54) is 0 Å². The largest absolute Gasteiger partial charge is 0.295 e. The van der Waals surface area contributed by atoms with Crippen LogP contribution in [-0.2, 0) is 15.0 Å². The summed E-state index contributed by atoms with van der Waals surface area (Å²) in [5.41, 5.74) is -0.0174. The molecule has 0 saturated carbocycles. The van der Waals surface area contributed by atoms with Crippen LogP contribution in [0.5, 0.6) is 0 Å². The van der Waals surface area contributed by atoms with Crippen LogP contribution in [0.25, 0.3) is 0 Å². The first-order valence-corrected chi connectivity index (χ1v) is 6.45. The fraction of sp³-hybridized carbons (Fsp3) is 0.133. The van der Waals surface area contributed by atoms with E-state index in [1.54, 1.807) is 48.6 Å². The van der Waals surface area contributed by atoms with E-state index in [4.69, 9.17) is 11.6 Å². The van der Waals surface area contributed by atoms with Crippen LogP contribution in [0.15, 0.2) is 48.6 Å². The van der Waals surface area contributed by atoms with Crippen molar-refractivity contribution >= 4 is 28.7 Å². The highest BCUT2D eigenvalue weighted by molar-refractivity contribution is 6.67. The van der Waals surface area contributed by atoms with Crippen LogP contribution < -0.4 is 5.32 Å². The molecular weight excluding hydrogens is 278 g/mol. The standard InChI is InChI=1S/C15H10ClNO3/c16-12(18)9-4-6-10(7-5-9)15-8-2-1-3-11(15)13(19)17-14(15)20/h1-8,11H,(H,17,19,20). The second-order valence-corrected chi connectivity index (χ2v) is 5.10. The van der Waals surface area contributed by atoms with Gasteiger partial charge in [-0.3, -0.25) is 19.7 Å². The number of imide groups is 1. The lowest BCUT2D eigenvalue weighted by Crippen LogP contribution is -2.38. The van der Waals surface area contributed by atoms with E-state index in [0.29, 0.717) is 11.1 Å². The molecule has 1 aromatic rings. The van der Waals surface area contributed by atoms with Crippen molar-refractivity contribution in [1.82, 2.24) is 5.32 Å². The molecular formula is C15H10ClNO3. The molecule has 2 amide bonds. The van der Waals surface area contributed by atoms with Crippen molar-refractivity contribution in [2.24, 2.45) is 5.92 Å². The lowest BCUT2D eigenvalue weighted by Gasteiger charge is -2.28. The van der Waals surface area contributed by atoms with Crippen molar-refractivity contribution in [2.45, 2.75) is 5.41 Å². The van der Waals surface area contributed by atoms with Crippen molar-refractivity contribution in [2.75, 3.05) is 0 Å². The first-order valence-electron chi connectivity index (χ1n) is 6.07. The maximum Gasteiger partial charge on any atom is 0.252 e. The molecule has 1 aromatic carbocycles. The summed E-state index contributed by atoms with van der Waals surface area (Å²) in [5.74, 6) is -1.22. The van der Waals surface area contributed by atoms with Crippen LogP contribution in [0, 0.1) is 5.92 Å². The van der Waals surface area contributed by atoms with Gasteiger partial charge in [0.1, 0.15) is 5.41 Å². The van der Waals surface area contributed by atoms with Crippen LogP contribution in [0.3, 0.4) is 0 Å². The smallest absolute Gasteiger partial charge is 0.252 e. The summed E-state index contributed by atoms with van der Waals surface area (Å²) < 4.78 is 0. The van der Waals surface area contributed by atoms with Crippen molar-refractivity contribution in [3.63, 3.8) is 0 Å². The maximum atomic E-state index is 12.3. The second kappa shape index (κ2) is 4.42. The van der Waals surface area contributed by atoms with Crippen LogP contribution >= 0.6 is 11.6 Å². The van der Waals surface area contributed by atoms with Gasteiger partial charge in [-0.25, -0.2) is 0 Å². The molecule has 0 spiro atoms. The molecule has 20 heavy (non-hydrogen) atoms. The van der Waals surface area contributed by atoms with Crippen LogP contribution in [0.1, 0.15) is 15.9 Å². The third kappa shape index (κ3) is 1.65. The summed E-state index contributed by atoms with van der Waals surface area (Å²) in [4.78, 5) is 35.2. The van der Waals surface area contributed by atoms with Gasteiger partial charge in [0.2, 0.25) is 11.8 Å². The normalized spacial score (nSPS) is 27.4. The molecule has 1 aliphatic carbocycles. The molecule has 2 aliphatic rings. The number of nitrogens with one attached hydrogen (secondary N) is 1. The Kier molecular flexibility index (Phi) is 2.83. The average Bonchev–Trinajstić information content (AvgIpc) is 2.72. The van der Waals surface area contributed by atoms with Crippen molar-refractivity contribution < 1.29 is 14.4 Å². The average molecular weight is 288 g/mol. The molecule has 5 heteroatoms. The fourth-order valence-electron chi connectivity index (χ4n) is 2.73. The van der Waals surface area contributed by atoms with E-state index in [2.05, 4.69) is 5.32 Å². The van der Waals surface area contributed by atoms with E-state index in [0.717, 1.165) is 0 Å². The molecule has 0 aromatic heterocycles. The number of rotatable bonds is 2. The van der Waals surface area contributed by atoms with E-state index in [9.17, 15) is 14.4 Å². The lowest BCUT2D eigenvalue weighted by atomic mass is 9.69. The summed E-state index contributed by atoms with van der Waals surface area (Å²) in [6, 6.07) is 6.42. The van der Waals surface area contributed by atoms with E-state index >= 15 is 0 Å². The topological polar surface area (TPSA) is 63.2 Å². The van der Waals surface area contributed by atoms with Crippen molar-refractivity contribution in [3.8, 4) is 0 Å². The zero-order valence-corrected chi connectivity index (χ0v) is 11.1. The van der Waals surface area contributed by atoms with Crippen molar-refractivity contribution in [3.05, 3.63) is 59.7 Å². The SMILES string of the molecule is O=C(Cl)c1ccc(C23C=CC=CC2C(=O)NC3=O)cc1. The lowest BCUT2D eigenvalue weighted by molar-refractivity contribution is -0.126. The highest BCUT2D eigenvalue weighted by Crippen LogP contribution is 2.41. The van der Waals surface area contributed by atoms with Gasteiger partial charge < -0.3 is 0 Å². The Morgan fingerprint density at radius 1 is 1.15 bits per heavy atom. The Morgan fingerprint density at radius 2 is 1.85 bits per heavy atom. The maximum absolute atomic E-state index is 12.3. The number of benzene rings is 1. The predicted octanol–water partition coefficient (Wildman–Crippen LogP) is 1.70. The number of carbonyl (C=O) groups is 3. The Labute approximate surface area is 120 Å². The first kappa shape index (κ1) is 12.8. The third-order valence-electron chi connectivity index (χ3n) is 3.75. The van der Waals surface area contributed by atoms with Gasteiger partial charge in [0, 0.05) is 5.56 Å². The summed E-state index contributed by atoms with van der Waals surface area (Å²) in [5, 5.41) is 1.80. The predicted molar refractivity (Wildman–Crippen MR) is 73.2 cm³/mol. The molecule has 3 rings (SSSR count). The number of allylic oxidation sites excluding steroid dienone is 2. The molecule has 100 valence electrons. The number of carbonyl (C=O) groups excluding carboxylic acids is 3. The Morgan fingerprint density at radius 3 is 2.50 bits per heavy atom. The first-order chi connectivity index (χ1) is 9.55. The highest BCUT2D eigenvalue weighted by Gasteiger charge is 2.54. The molecule has 1 aliphatic heterocycles. The van der Waals surface area contributed by atoms with Crippen LogP contribution in [0.4, 0.5) is 0 Å². The molecule has 2 unspecified atom stereocenters. The molecule has 1 fully saturated rings. The van der Waals surface area contributed by atoms with Gasteiger partial charge in [0.25, 0.3) is 5.24 Å². The quantitative estimate of drug-likeness (QED) is 0.665. The number of amides is 2.